The van der Waals surface area contributed by atoms with Crippen LogP contribution in [0.15, 0.2) is 0 Å². The molecule has 0 amide bonds. The van der Waals surface area contributed by atoms with Crippen molar-refractivity contribution >= 4 is 0 Å². The topological polar surface area (TPSA) is 41.3 Å². The third-order valence-corrected chi connectivity index (χ3v) is 2.78. The summed E-state index contributed by atoms with van der Waals surface area (Å²) < 4.78 is 24.9. The van der Waals surface area contributed by atoms with Crippen molar-refractivity contribution < 1.29 is 8.78 Å². The van der Waals surface area contributed by atoms with E-state index in [2.05, 4.69) is 5.32 Å². The van der Waals surface area contributed by atoms with Crippen LogP contribution < -0.4 is 11.2 Å². The SMILES string of the molecule is NN1CCC(NC2CC(F)(F)C2)C1. The first-order chi connectivity index (χ1) is 6.05. The highest BCUT2D eigenvalue weighted by molar-refractivity contribution is 4.94. The van der Waals surface area contributed by atoms with Gasteiger partial charge in [0.25, 0.3) is 5.92 Å². The molecule has 1 heterocycles. The fraction of sp³-hybridized carbons (Fsp3) is 1.00. The molecule has 0 spiro atoms. The van der Waals surface area contributed by atoms with E-state index in [4.69, 9.17) is 5.84 Å². The molecule has 76 valence electrons. The van der Waals surface area contributed by atoms with Gasteiger partial charge in [-0.05, 0) is 6.42 Å². The number of rotatable bonds is 2. The molecule has 1 saturated heterocycles. The zero-order chi connectivity index (χ0) is 9.47. The van der Waals surface area contributed by atoms with Crippen molar-refractivity contribution in [3.05, 3.63) is 0 Å². The molecule has 2 fully saturated rings. The number of hydrogen-bond donors (Lipinski definition) is 2. The quantitative estimate of drug-likeness (QED) is 0.618. The number of nitrogens with one attached hydrogen (secondary N) is 1. The van der Waals surface area contributed by atoms with E-state index < -0.39 is 5.92 Å². The highest BCUT2D eigenvalue weighted by Crippen LogP contribution is 2.37. The van der Waals surface area contributed by atoms with Crippen LogP contribution in [0.3, 0.4) is 0 Å². The normalized spacial score (nSPS) is 34.8. The summed E-state index contributed by atoms with van der Waals surface area (Å²) in [6, 6.07) is 0.317. The van der Waals surface area contributed by atoms with Gasteiger partial charge in [0.1, 0.15) is 0 Å². The van der Waals surface area contributed by atoms with Gasteiger partial charge in [-0.15, -0.1) is 0 Å². The van der Waals surface area contributed by atoms with Crippen LogP contribution in [-0.2, 0) is 0 Å². The Morgan fingerprint density at radius 3 is 2.46 bits per heavy atom. The second kappa shape index (κ2) is 3.15. The van der Waals surface area contributed by atoms with E-state index in [1.165, 1.54) is 0 Å². The Bertz CT molecular complexity index is 190. The van der Waals surface area contributed by atoms with Gasteiger partial charge in [0.2, 0.25) is 0 Å². The summed E-state index contributed by atoms with van der Waals surface area (Å²) in [6.07, 6.45) is 0.959. The number of alkyl halides is 2. The molecule has 1 aliphatic carbocycles. The lowest BCUT2D eigenvalue weighted by atomic mass is 9.87. The molecule has 13 heavy (non-hydrogen) atoms. The molecular formula is C8H15F2N3. The minimum atomic E-state index is -2.42. The standard InChI is InChI=1S/C8H15F2N3/c9-8(10)3-7(4-8)12-6-1-2-13(11)5-6/h6-7,12H,1-5,11H2. The van der Waals surface area contributed by atoms with Crippen molar-refractivity contribution in [1.29, 1.82) is 0 Å². The molecule has 1 unspecified atom stereocenters. The van der Waals surface area contributed by atoms with E-state index in [1.54, 1.807) is 5.01 Å². The first-order valence-corrected chi connectivity index (χ1v) is 4.69. The third-order valence-electron chi connectivity index (χ3n) is 2.78. The third kappa shape index (κ3) is 2.15. The first kappa shape index (κ1) is 9.30. The Balaban J connectivity index is 1.69. The Morgan fingerprint density at radius 2 is 2.00 bits per heavy atom. The Labute approximate surface area is 76.2 Å². The average Bonchev–Trinajstić information content (AvgIpc) is 2.31. The molecule has 2 rings (SSSR count). The number of hydrazine groups is 1. The van der Waals surface area contributed by atoms with Crippen LogP contribution in [0.25, 0.3) is 0 Å². The predicted octanol–water partition coefficient (Wildman–Crippen LogP) is 0.322. The number of halogens is 2. The van der Waals surface area contributed by atoms with Crippen LogP contribution in [0.5, 0.6) is 0 Å². The van der Waals surface area contributed by atoms with Crippen LogP contribution in [0.1, 0.15) is 19.3 Å². The molecule has 0 aromatic rings. The van der Waals surface area contributed by atoms with Gasteiger partial charge in [-0.3, -0.25) is 5.84 Å². The van der Waals surface area contributed by atoms with Gasteiger partial charge >= 0.3 is 0 Å². The highest BCUT2D eigenvalue weighted by Gasteiger charge is 2.46. The van der Waals surface area contributed by atoms with Crippen molar-refractivity contribution in [1.82, 2.24) is 10.3 Å². The van der Waals surface area contributed by atoms with Gasteiger partial charge in [0, 0.05) is 38.0 Å². The summed E-state index contributed by atoms with van der Waals surface area (Å²) in [5, 5.41) is 4.93. The Morgan fingerprint density at radius 1 is 1.31 bits per heavy atom. The molecule has 2 aliphatic rings. The van der Waals surface area contributed by atoms with Crippen molar-refractivity contribution in [2.45, 2.75) is 37.3 Å². The van der Waals surface area contributed by atoms with E-state index in [9.17, 15) is 8.78 Å². The lowest BCUT2D eigenvalue weighted by Gasteiger charge is -2.37. The predicted molar refractivity (Wildman–Crippen MR) is 45.3 cm³/mol. The van der Waals surface area contributed by atoms with Gasteiger partial charge in [-0.2, -0.15) is 0 Å². The zero-order valence-electron chi connectivity index (χ0n) is 7.47. The summed E-state index contributed by atoms with van der Waals surface area (Å²) in [5.74, 6) is 3.14. The Kier molecular flexibility index (Phi) is 2.25. The van der Waals surface area contributed by atoms with Crippen LogP contribution in [0.4, 0.5) is 8.78 Å². The van der Waals surface area contributed by atoms with E-state index in [1.807, 2.05) is 0 Å². The van der Waals surface area contributed by atoms with E-state index in [0.717, 1.165) is 19.5 Å². The first-order valence-electron chi connectivity index (χ1n) is 4.69. The van der Waals surface area contributed by atoms with Gasteiger partial charge < -0.3 is 5.32 Å². The lowest BCUT2D eigenvalue weighted by molar-refractivity contribution is -0.0945. The molecule has 0 radical (unpaired) electrons. The summed E-state index contributed by atoms with van der Waals surface area (Å²) in [7, 11) is 0. The molecule has 0 aromatic heterocycles. The summed E-state index contributed by atoms with van der Waals surface area (Å²) >= 11 is 0. The van der Waals surface area contributed by atoms with E-state index in [-0.39, 0.29) is 18.9 Å². The molecule has 3 N–H and O–H groups in total. The smallest absolute Gasteiger partial charge is 0.251 e. The summed E-state index contributed by atoms with van der Waals surface area (Å²) in [4.78, 5) is 0. The fourth-order valence-electron chi connectivity index (χ4n) is 2.04. The van der Waals surface area contributed by atoms with Gasteiger partial charge in [-0.1, -0.05) is 0 Å². The maximum atomic E-state index is 12.5. The van der Waals surface area contributed by atoms with Crippen molar-refractivity contribution in [2.24, 2.45) is 5.84 Å². The second-order valence-corrected chi connectivity index (χ2v) is 4.11. The summed E-state index contributed by atoms with van der Waals surface area (Å²) in [6.45, 7) is 1.64. The average molecular weight is 191 g/mol. The largest absolute Gasteiger partial charge is 0.309 e. The fourth-order valence-corrected chi connectivity index (χ4v) is 2.04. The second-order valence-electron chi connectivity index (χ2n) is 4.11. The zero-order valence-corrected chi connectivity index (χ0v) is 7.47. The number of nitrogens with zero attached hydrogens (tertiary/aromatic N) is 1. The minimum absolute atomic E-state index is 0.00588. The van der Waals surface area contributed by atoms with Crippen LogP contribution in [-0.4, -0.2) is 36.1 Å². The molecule has 1 atom stereocenters. The van der Waals surface area contributed by atoms with Crippen molar-refractivity contribution in [2.75, 3.05) is 13.1 Å². The van der Waals surface area contributed by atoms with Crippen molar-refractivity contribution in [3.8, 4) is 0 Å². The molecule has 1 saturated carbocycles. The maximum absolute atomic E-state index is 12.5. The highest BCUT2D eigenvalue weighted by atomic mass is 19.3. The van der Waals surface area contributed by atoms with Crippen LogP contribution >= 0.6 is 0 Å². The molecule has 3 nitrogen and oxygen atoms in total. The molecule has 0 aromatic carbocycles. The van der Waals surface area contributed by atoms with E-state index in [0.29, 0.717) is 6.04 Å². The number of hydrogen-bond acceptors (Lipinski definition) is 3. The molecule has 5 heteroatoms. The molecule has 1 aliphatic heterocycles. The van der Waals surface area contributed by atoms with Crippen molar-refractivity contribution in [3.63, 3.8) is 0 Å². The Hall–Kier alpha value is -0.260. The lowest BCUT2D eigenvalue weighted by Crippen LogP contribution is -2.52. The number of nitrogens with two attached hydrogens (primary N) is 1. The van der Waals surface area contributed by atoms with Gasteiger partial charge in [-0.25, -0.2) is 13.8 Å². The van der Waals surface area contributed by atoms with Crippen LogP contribution in [0, 0.1) is 0 Å². The molecular weight excluding hydrogens is 176 g/mol. The minimum Gasteiger partial charge on any atom is -0.309 e. The van der Waals surface area contributed by atoms with Crippen LogP contribution in [0.2, 0.25) is 0 Å². The monoisotopic (exact) mass is 191 g/mol. The summed E-state index contributed by atoms with van der Waals surface area (Å²) in [5.41, 5.74) is 0. The van der Waals surface area contributed by atoms with Gasteiger partial charge in [0.05, 0.1) is 0 Å². The molecule has 0 bridgehead atoms. The van der Waals surface area contributed by atoms with E-state index >= 15 is 0 Å². The van der Waals surface area contributed by atoms with Gasteiger partial charge in [0.15, 0.2) is 0 Å². The maximum Gasteiger partial charge on any atom is 0.251 e.